The van der Waals surface area contributed by atoms with Crippen LogP contribution in [0.4, 0.5) is 4.39 Å². The number of ether oxygens (including phenoxy) is 1. The fourth-order valence-corrected chi connectivity index (χ4v) is 2.45. The van der Waals surface area contributed by atoms with Crippen molar-refractivity contribution in [2.45, 2.75) is 12.5 Å². The van der Waals surface area contributed by atoms with Gasteiger partial charge in [0.2, 0.25) is 0 Å². The Balaban J connectivity index is 2.34. The molecule has 1 heterocycles. The van der Waals surface area contributed by atoms with Gasteiger partial charge in [-0.3, -0.25) is 0 Å². The molecule has 2 aromatic rings. The monoisotopic (exact) mass is 232 g/mol. The Labute approximate surface area is 98.6 Å². The molecule has 1 unspecified atom stereocenters. The first-order valence-corrected chi connectivity index (χ1v) is 5.73. The molecule has 0 saturated heterocycles. The maximum atomic E-state index is 13.9. The fraction of sp³-hybridized carbons (Fsp3) is 0.286. The minimum atomic E-state index is -0.730. The normalized spacial score (nSPS) is 20.0. The van der Waals surface area contributed by atoms with Crippen LogP contribution in [0.1, 0.15) is 17.2 Å². The summed E-state index contributed by atoms with van der Waals surface area (Å²) in [6.07, 6.45) is -0.0145. The Morgan fingerprint density at radius 1 is 1.24 bits per heavy atom. The molecule has 0 fully saturated rings. The van der Waals surface area contributed by atoms with Crippen molar-refractivity contribution in [2.75, 3.05) is 13.2 Å². The molecular weight excluding hydrogens is 219 g/mol. The first-order chi connectivity index (χ1) is 8.27. The molecule has 0 aromatic heterocycles. The van der Waals surface area contributed by atoms with Crippen molar-refractivity contribution in [1.82, 2.24) is 0 Å². The van der Waals surface area contributed by atoms with E-state index in [2.05, 4.69) is 0 Å². The van der Waals surface area contributed by atoms with Gasteiger partial charge in [0.1, 0.15) is 11.9 Å². The number of aliphatic hydroxyl groups is 1. The van der Waals surface area contributed by atoms with Crippen LogP contribution in [0.2, 0.25) is 0 Å². The molecule has 0 spiro atoms. The van der Waals surface area contributed by atoms with Crippen molar-refractivity contribution in [3.63, 3.8) is 0 Å². The lowest BCUT2D eigenvalue weighted by Crippen LogP contribution is -2.05. The summed E-state index contributed by atoms with van der Waals surface area (Å²) in [5.74, 6) is -0.277. The first-order valence-electron chi connectivity index (χ1n) is 5.73. The lowest BCUT2D eigenvalue weighted by Gasteiger charge is -2.14. The zero-order chi connectivity index (χ0) is 11.8. The van der Waals surface area contributed by atoms with Crippen LogP contribution in [0.5, 0.6) is 0 Å². The third-order valence-electron chi connectivity index (χ3n) is 3.27. The number of hydrogen-bond donors (Lipinski definition) is 1. The predicted molar refractivity (Wildman–Crippen MR) is 63.4 cm³/mol. The molecule has 1 atom stereocenters. The van der Waals surface area contributed by atoms with Crippen LogP contribution in [0.15, 0.2) is 30.3 Å². The Bertz CT molecular complexity index is 565. The highest BCUT2D eigenvalue weighted by Gasteiger charge is 2.20. The summed E-state index contributed by atoms with van der Waals surface area (Å²) < 4.78 is 19.2. The minimum Gasteiger partial charge on any atom is -0.386 e. The number of benzene rings is 2. The fourth-order valence-electron chi connectivity index (χ4n) is 2.45. The summed E-state index contributed by atoms with van der Waals surface area (Å²) in [5.41, 5.74) is 1.67. The summed E-state index contributed by atoms with van der Waals surface area (Å²) >= 11 is 0. The van der Waals surface area contributed by atoms with E-state index in [1.807, 2.05) is 18.2 Å². The Kier molecular flexibility index (Phi) is 2.57. The van der Waals surface area contributed by atoms with Gasteiger partial charge in [0.15, 0.2) is 0 Å². The lowest BCUT2D eigenvalue weighted by atomic mass is 9.94. The summed E-state index contributed by atoms with van der Waals surface area (Å²) in [4.78, 5) is 0. The van der Waals surface area contributed by atoms with Crippen molar-refractivity contribution in [3.8, 4) is 0 Å². The molecule has 1 aliphatic heterocycles. The third-order valence-corrected chi connectivity index (χ3v) is 3.27. The van der Waals surface area contributed by atoms with Crippen molar-refractivity contribution < 1.29 is 14.2 Å². The average Bonchev–Trinajstić information content (AvgIpc) is 2.53. The SMILES string of the molecule is OC1COCCc2c1cc(F)c1ccccc21. The molecule has 2 nitrogen and oxygen atoms in total. The maximum absolute atomic E-state index is 13.9. The largest absolute Gasteiger partial charge is 0.386 e. The van der Waals surface area contributed by atoms with Crippen LogP contribution in [0.25, 0.3) is 10.8 Å². The van der Waals surface area contributed by atoms with Crippen LogP contribution < -0.4 is 0 Å². The van der Waals surface area contributed by atoms with E-state index in [0.717, 1.165) is 10.9 Å². The molecule has 3 rings (SSSR count). The van der Waals surface area contributed by atoms with Gasteiger partial charge in [-0.15, -0.1) is 0 Å². The molecule has 2 aromatic carbocycles. The average molecular weight is 232 g/mol. The molecule has 3 heteroatoms. The highest BCUT2D eigenvalue weighted by molar-refractivity contribution is 5.87. The molecule has 0 bridgehead atoms. The summed E-state index contributed by atoms with van der Waals surface area (Å²) in [7, 11) is 0. The van der Waals surface area contributed by atoms with Crippen molar-refractivity contribution >= 4 is 10.8 Å². The van der Waals surface area contributed by atoms with Crippen LogP contribution in [-0.4, -0.2) is 18.3 Å². The molecular formula is C14H13FO2. The molecule has 17 heavy (non-hydrogen) atoms. The van der Waals surface area contributed by atoms with Gasteiger partial charge < -0.3 is 9.84 Å². The van der Waals surface area contributed by atoms with Gasteiger partial charge >= 0.3 is 0 Å². The lowest BCUT2D eigenvalue weighted by molar-refractivity contribution is 0.0451. The maximum Gasteiger partial charge on any atom is 0.131 e. The van der Waals surface area contributed by atoms with E-state index in [0.29, 0.717) is 24.0 Å². The van der Waals surface area contributed by atoms with Crippen LogP contribution in [0, 0.1) is 5.82 Å². The van der Waals surface area contributed by atoms with E-state index < -0.39 is 6.10 Å². The number of hydrogen-bond acceptors (Lipinski definition) is 2. The van der Waals surface area contributed by atoms with Gasteiger partial charge in [0.25, 0.3) is 0 Å². The van der Waals surface area contributed by atoms with Crippen LogP contribution in [-0.2, 0) is 11.2 Å². The summed E-state index contributed by atoms with van der Waals surface area (Å²) in [5, 5.41) is 11.4. The first kappa shape index (κ1) is 10.7. The summed E-state index contributed by atoms with van der Waals surface area (Å²) in [6, 6.07) is 8.82. The molecule has 1 N–H and O–H groups in total. The zero-order valence-electron chi connectivity index (χ0n) is 9.32. The molecule has 0 radical (unpaired) electrons. The van der Waals surface area contributed by atoms with Crippen molar-refractivity contribution in [1.29, 1.82) is 0 Å². The Morgan fingerprint density at radius 2 is 2.00 bits per heavy atom. The Hall–Kier alpha value is -1.45. The number of fused-ring (bicyclic) bond motifs is 3. The van der Waals surface area contributed by atoms with E-state index in [1.54, 1.807) is 6.07 Å². The third kappa shape index (κ3) is 1.72. The van der Waals surface area contributed by atoms with Gasteiger partial charge in [0, 0.05) is 5.39 Å². The summed E-state index contributed by atoms with van der Waals surface area (Å²) in [6.45, 7) is 0.810. The van der Waals surface area contributed by atoms with Gasteiger partial charge in [0.05, 0.1) is 13.2 Å². The van der Waals surface area contributed by atoms with Gasteiger partial charge in [-0.1, -0.05) is 24.3 Å². The Morgan fingerprint density at radius 3 is 2.82 bits per heavy atom. The molecule has 0 saturated carbocycles. The second-order valence-corrected chi connectivity index (χ2v) is 4.31. The second-order valence-electron chi connectivity index (χ2n) is 4.31. The highest BCUT2D eigenvalue weighted by Crippen LogP contribution is 2.31. The predicted octanol–water partition coefficient (Wildman–Crippen LogP) is 2.59. The molecule has 0 amide bonds. The van der Waals surface area contributed by atoms with E-state index in [9.17, 15) is 9.50 Å². The van der Waals surface area contributed by atoms with Gasteiger partial charge in [-0.25, -0.2) is 4.39 Å². The topological polar surface area (TPSA) is 29.5 Å². The second kappa shape index (κ2) is 4.09. The zero-order valence-corrected chi connectivity index (χ0v) is 9.32. The standard InChI is InChI=1S/C14H13FO2/c15-13-7-12-10(5-6-17-8-14(12)16)9-3-1-2-4-11(9)13/h1-4,7,14,16H,5-6,8H2. The number of aliphatic hydroxyl groups excluding tert-OH is 1. The van der Waals surface area contributed by atoms with Crippen LogP contribution in [0.3, 0.4) is 0 Å². The number of rotatable bonds is 0. The number of halogens is 1. The molecule has 0 aliphatic carbocycles. The van der Waals surface area contributed by atoms with Gasteiger partial charge in [-0.05, 0) is 29.0 Å². The minimum absolute atomic E-state index is 0.241. The molecule has 88 valence electrons. The van der Waals surface area contributed by atoms with E-state index in [1.165, 1.54) is 6.07 Å². The highest BCUT2D eigenvalue weighted by atomic mass is 19.1. The van der Waals surface area contributed by atoms with Crippen molar-refractivity contribution in [3.05, 3.63) is 47.3 Å². The molecule has 1 aliphatic rings. The quantitative estimate of drug-likeness (QED) is 0.756. The van der Waals surface area contributed by atoms with E-state index in [-0.39, 0.29) is 12.4 Å². The van der Waals surface area contributed by atoms with E-state index >= 15 is 0 Å². The van der Waals surface area contributed by atoms with Crippen molar-refractivity contribution in [2.24, 2.45) is 0 Å². The van der Waals surface area contributed by atoms with E-state index in [4.69, 9.17) is 4.74 Å². The van der Waals surface area contributed by atoms with Gasteiger partial charge in [-0.2, -0.15) is 0 Å². The smallest absolute Gasteiger partial charge is 0.131 e. The van der Waals surface area contributed by atoms with Crippen LogP contribution >= 0.6 is 0 Å².